The highest BCUT2D eigenvalue weighted by atomic mass is 16.6. The summed E-state index contributed by atoms with van der Waals surface area (Å²) in [4.78, 5) is 27.7. The van der Waals surface area contributed by atoms with E-state index in [0.717, 1.165) is 11.1 Å². The molecule has 0 atom stereocenters. The molecule has 1 aromatic heterocycles. The number of amides is 2. The second-order valence-corrected chi connectivity index (χ2v) is 5.29. The number of carbonyl (C=O) groups is 2. The van der Waals surface area contributed by atoms with Gasteiger partial charge in [0.05, 0.1) is 18.4 Å². The van der Waals surface area contributed by atoms with Crippen molar-refractivity contribution in [2.24, 2.45) is 0 Å². The van der Waals surface area contributed by atoms with Crippen LogP contribution in [0.2, 0.25) is 0 Å². The van der Waals surface area contributed by atoms with E-state index < -0.39 is 6.09 Å². The van der Waals surface area contributed by atoms with E-state index in [1.54, 1.807) is 6.20 Å². The van der Waals surface area contributed by atoms with E-state index in [1.165, 1.54) is 29.8 Å². The van der Waals surface area contributed by atoms with E-state index in [-0.39, 0.29) is 19.1 Å². The van der Waals surface area contributed by atoms with Gasteiger partial charge in [0.1, 0.15) is 19.5 Å². The summed E-state index contributed by atoms with van der Waals surface area (Å²) in [5.74, 6) is -0.302. The van der Waals surface area contributed by atoms with Gasteiger partial charge in [-0.05, 0) is 25.0 Å². The number of aryl methyl sites for hydroxylation is 2. The monoisotopic (exact) mass is 347 g/mol. The molecule has 1 aromatic carbocycles. The van der Waals surface area contributed by atoms with E-state index in [4.69, 9.17) is 9.47 Å². The zero-order valence-corrected chi connectivity index (χ0v) is 14.5. The number of rotatable bonds is 4. The molecule has 2 aromatic rings. The van der Waals surface area contributed by atoms with Crippen LogP contribution < -0.4 is 5.01 Å². The van der Waals surface area contributed by atoms with Crippen molar-refractivity contribution in [2.45, 2.75) is 13.8 Å². The van der Waals surface area contributed by atoms with Gasteiger partial charge in [0, 0.05) is 7.11 Å². The number of para-hydroxylation sites is 1. The Hall–Kier alpha value is -2.87. The summed E-state index contributed by atoms with van der Waals surface area (Å²) in [6.07, 6.45) is 3.96. The van der Waals surface area contributed by atoms with E-state index in [2.05, 4.69) is 9.40 Å². The van der Waals surface area contributed by atoms with Crippen molar-refractivity contribution in [1.29, 1.82) is 0 Å². The molecule has 0 radical (unpaired) electrons. The first-order valence-electron chi connectivity index (χ1n) is 7.70. The SMILES string of the molecule is COCC(=O)N(c1c(C)cccc1C)N1CCOC1=O.c1cocn1. The summed E-state index contributed by atoms with van der Waals surface area (Å²) in [6, 6.07) is 5.71. The van der Waals surface area contributed by atoms with Crippen LogP contribution in [0.25, 0.3) is 0 Å². The summed E-state index contributed by atoms with van der Waals surface area (Å²) < 4.78 is 14.3. The lowest BCUT2D eigenvalue weighted by Crippen LogP contribution is -2.49. The Morgan fingerprint density at radius 1 is 1.36 bits per heavy atom. The molecule has 1 aliphatic rings. The molecule has 0 bridgehead atoms. The third kappa shape index (κ3) is 4.57. The number of anilines is 1. The number of hydrogen-bond acceptors (Lipinski definition) is 6. The lowest BCUT2D eigenvalue weighted by Gasteiger charge is -2.31. The lowest BCUT2D eigenvalue weighted by atomic mass is 10.1. The van der Waals surface area contributed by atoms with Gasteiger partial charge in [0.25, 0.3) is 5.91 Å². The average Bonchev–Trinajstić information content (AvgIpc) is 3.26. The Balaban J connectivity index is 0.000000386. The predicted molar refractivity (Wildman–Crippen MR) is 89.8 cm³/mol. The van der Waals surface area contributed by atoms with Crippen molar-refractivity contribution in [3.63, 3.8) is 0 Å². The Kier molecular flexibility index (Phi) is 6.53. The van der Waals surface area contributed by atoms with Gasteiger partial charge in [-0.25, -0.2) is 19.8 Å². The second kappa shape index (κ2) is 8.84. The molecule has 2 heterocycles. The fourth-order valence-electron chi connectivity index (χ4n) is 2.45. The highest BCUT2D eigenvalue weighted by molar-refractivity contribution is 5.97. The molecule has 1 fully saturated rings. The topological polar surface area (TPSA) is 85.1 Å². The Bertz CT molecular complexity index is 665. The van der Waals surface area contributed by atoms with Crippen molar-refractivity contribution in [2.75, 3.05) is 31.9 Å². The van der Waals surface area contributed by atoms with Crippen molar-refractivity contribution in [3.8, 4) is 0 Å². The molecule has 8 heteroatoms. The number of oxazole rings is 1. The third-order valence-corrected chi connectivity index (χ3v) is 3.48. The molecule has 1 saturated heterocycles. The standard InChI is InChI=1S/C14H18N2O4.C3H3NO/c1-10-5-4-6-11(2)13(10)16(12(17)9-19-3)15-7-8-20-14(15)18;1-2-5-3-4-1/h4-6H,7-9H2,1-3H3;1-3H. The van der Waals surface area contributed by atoms with Crippen LogP contribution in [0.5, 0.6) is 0 Å². The summed E-state index contributed by atoms with van der Waals surface area (Å²) in [6.45, 7) is 4.33. The van der Waals surface area contributed by atoms with Crippen molar-refractivity contribution >= 4 is 17.7 Å². The number of nitrogens with zero attached hydrogens (tertiary/aromatic N) is 3. The maximum atomic E-state index is 12.3. The zero-order valence-electron chi connectivity index (χ0n) is 14.5. The molecular weight excluding hydrogens is 326 g/mol. The first kappa shape index (κ1) is 18.5. The highest BCUT2D eigenvalue weighted by Gasteiger charge is 2.34. The summed E-state index contributed by atoms with van der Waals surface area (Å²) in [5.41, 5.74) is 2.52. The Morgan fingerprint density at radius 3 is 2.52 bits per heavy atom. The largest absolute Gasteiger partial charge is 0.452 e. The number of hydrogen-bond donors (Lipinski definition) is 0. The zero-order chi connectivity index (χ0) is 18.2. The van der Waals surface area contributed by atoms with Crippen LogP contribution in [0, 0.1) is 13.8 Å². The number of cyclic esters (lactones) is 1. The number of methoxy groups -OCH3 is 1. The van der Waals surface area contributed by atoms with Crippen molar-refractivity contribution in [1.82, 2.24) is 9.99 Å². The fourth-order valence-corrected chi connectivity index (χ4v) is 2.45. The molecule has 2 amide bonds. The minimum atomic E-state index is -0.517. The molecule has 0 aliphatic carbocycles. The van der Waals surface area contributed by atoms with E-state index in [0.29, 0.717) is 12.2 Å². The van der Waals surface area contributed by atoms with Crippen LogP contribution in [0.3, 0.4) is 0 Å². The second-order valence-electron chi connectivity index (χ2n) is 5.29. The molecular formula is C17H21N3O5. The predicted octanol–water partition coefficient (Wildman–Crippen LogP) is 2.32. The van der Waals surface area contributed by atoms with Gasteiger partial charge in [0.15, 0.2) is 6.39 Å². The normalized spacial score (nSPS) is 13.1. The maximum Gasteiger partial charge on any atom is 0.429 e. The number of benzene rings is 1. The highest BCUT2D eigenvalue weighted by Crippen LogP contribution is 2.27. The Morgan fingerprint density at radius 2 is 2.08 bits per heavy atom. The number of ether oxygens (including phenoxy) is 2. The minimum absolute atomic E-state index is 0.0996. The number of aromatic nitrogens is 1. The van der Waals surface area contributed by atoms with Crippen LogP contribution in [-0.2, 0) is 14.3 Å². The summed E-state index contributed by atoms with van der Waals surface area (Å²) >= 11 is 0. The molecule has 1 aliphatic heterocycles. The van der Waals surface area contributed by atoms with Crippen molar-refractivity contribution < 1.29 is 23.5 Å². The van der Waals surface area contributed by atoms with Crippen LogP contribution >= 0.6 is 0 Å². The summed E-state index contributed by atoms with van der Waals surface area (Å²) in [7, 11) is 1.45. The van der Waals surface area contributed by atoms with Gasteiger partial charge in [-0.3, -0.25) is 4.79 Å². The molecule has 0 spiro atoms. The third-order valence-electron chi connectivity index (χ3n) is 3.48. The van der Waals surface area contributed by atoms with Gasteiger partial charge in [-0.2, -0.15) is 0 Å². The van der Waals surface area contributed by atoms with Gasteiger partial charge in [-0.1, -0.05) is 18.2 Å². The average molecular weight is 347 g/mol. The van der Waals surface area contributed by atoms with Gasteiger partial charge in [0.2, 0.25) is 0 Å². The minimum Gasteiger partial charge on any atom is -0.452 e. The van der Waals surface area contributed by atoms with E-state index in [9.17, 15) is 9.59 Å². The van der Waals surface area contributed by atoms with Crippen molar-refractivity contribution in [3.05, 3.63) is 48.2 Å². The van der Waals surface area contributed by atoms with Crippen LogP contribution in [-0.4, -0.2) is 48.9 Å². The fraction of sp³-hybridized carbons (Fsp3) is 0.353. The number of hydrazine groups is 1. The first-order valence-corrected chi connectivity index (χ1v) is 7.70. The van der Waals surface area contributed by atoms with Crippen LogP contribution in [0.1, 0.15) is 11.1 Å². The first-order chi connectivity index (χ1) is 12.1. The molecule has 3 rings (SSSR count). The van der Waals surface area contributed by atoms with Gasteiger partial charge in [-0.15, -0.1) is 0 Å². The maximum absolute atomic E-state index is 12.3. The van der Waals surface area contributed by atoms with E-state index >= 15 is 0 Å². The molecule has 0 saturated carbocycles. The number of carbonyl (C=O) groups excluding carboxylic acids is 2. The molecule has 0 unspecified atom stereocenters. The lowest BCUT2D eigenvalue weighted by molar-refractivity contribution is -0.124. The molecule has 134 valence electrons. The smallest absolute Gasteiger partial charge is 0.429 e. The van der Waals surface area contributed by atoms with Crippen LogP contribution in [0.4, 0.5) is 10.5 Å². The molecule has 8 nitrogen and oxygen atoms in total. The van der Waals surface area contributed by atoms with E-state index in [1.807, 2.05) is 32.0 Å². The van der Waals surface area contributed by atoms with Crippen LogP contribution in [0.15, 0.2) is 41.5 Å². The van der Waals surface area contributed by atoms with Gasteiger partial charge < -0.3 is 13.9 Å². The molecule has 0 N–H and O–H groups in total. The van der Waals surface area contributed by atoms with Gasteiger partial charge >= 0.3 is 6.09 Å². The Labute approximate surface area is 145 Å². The summed E-state index contributed by atoms with van der Waals surface area (Å²) in [5, 5.41) is 2.68. The molecule has 25 heavy (non-hydrogen) atoms. The quantitative estimate of drug-likeness (QED) is 0.844.